The summed E-state index contributed by atoms with van der Waals surface area (Å²) in [4.78, 5) is 43.5. The van der Waals surface area contributed by atoms with Crippen molar-refractivity contribution in [2.24, 2.45) is 0 Å². The lowest BCUT2D eigenvalue weighted by molar-refractivity contribution is -0.172. The van der Waals surface area contributed by atoms with Crippen molar-refractivity contribution in [1.82, 2.24) is 11.0 Å². The molecule has 0 bridgehead atoms. The largest absolute Gasteiger partial charge is 0.481 e. The first kappa shape index (κ1) is 35.7. The van der Waals surface area contributed by atoms with E-state index in [4.69, 9.17) is 27.4 Å². The molecule has 37 heavy (non-hydrogen) atoms. The lowest BCUT2D eigenvalue weighted by Crippen LogP contribution is -2.30. The van der Waals surface area contributed by atoms with Crippen molar-refractivity contribution in [3.63, 3.8) is 0 Å². The van der Waals surface area contributed by atoms with E-state index in [1.54, 1.807) is 0 Å². The summed E-state index contributed by atoms with van der Waals surface area (Å²) < 4.78 is 5.18. The van der Waals surface area contributed by atoms with Gasteiger partial charge < -0.3 is 15.2 Å². The zero-order valence-corrected chi connectivity index (χ0v) is 23.4. The molecule has 9 nitrogen and oxygen atoms in total. The number of rotatable bonds is 28. The maximum Gasteiger partial charge on any atom is 0.305 e. The molecule has 2 radical (unpaired) electrons. The molecule has 0 aliphatic heterocycles. The van der Waals surface area contributed by atoms with Crippen molar-refractivity contribution < 1.29 is 33.9 Å². The summed E-state index contributed by atoms with van der Waals surface area (Å²) in [6, 6.07) is 0. The lowest BCUT2D eigenvalue weighted by Gasteiger charge is -2.13. The van der Waals surface area contributed by atoms with E-state index in [1.165, 1.54) is 70.6 Å². The highest BCUT2D eigenvalue weighted by atomic mass is 32.1. The molecule has 0 rings (SSSR count). The normalized spacial score (nSPS) is 11.8. The van der Waals surface area contributed by atoms with Crippen molar-refractivity contribution in [3.8, 4) is 0 Å². The number of hydrogen-bond acceptors (Lipinski definition) is 8. The first-order valence-electron chi connectivity index (χ1n) is 13.9. The van der Waals surface area contributed by atoms with Crippen molar-refractivity contribution in [3.05, 3.63) is 0 Å². The van der Waals surface area contributed by atoms with Crippen LogP contribution < -0.4 is 11.0 Å². The molecule has 1 amide bonds. The van der Waals surface area contributed by atoms with Gasteiger partial charge in [0, 0.05) is 19.4 Å². The van der Waals surface area contributed by atoms with E-state index >= 15 is 0 Å². The van der Waals surface area contributed by atoms with Gasteiger partial charge in [-0.3, -0.25) is 24.1 Å². The van der Waals surface area contributed by atoms with E-state index < -0.39 is 11.8 Å². The number of carbonyl (C=O) groups is 3. The van der Waals surface area contributed by atoms with Gasteiger partial charge in [-0.25, -0.2) is 0 Å². The van der Waals surface area contributed by atoms with Gasteiger partial charge in [0.2, 0.25) is 5.91 Å². The summed E-state index contributed by atoms with van der Waals surface area (Å²) in [5.41, 5.74) is 2.24. The number of carbonyl (C=O) groups excluding carboxylic acids is 2. The quantitative estimate of drug-likeness (QED) is 0.0368. The minimum atomic E-state index is -1.02. The molecular weight excluding hydrogens is 495 g/mol. The maximum atomic E-state index is 11.8. The second kappa shape index (κ2) is 27.7. The molecule has 0 aromatic heterocycles. The van der Waals surface area contributed by atoms with E-state index in [-0.39, 0.29) is 51.1 Å². The zero-order valence-electron chi connectivity index (χ0n) is 22.6. The van der Waals surface area contributed by atoms with Gasteiger partial charge >= 0.3 is 11.9 Å². The van der Waals surface area contributed by atoms with Crippen LogP contribution in [0.2, 0.25) is 5.82 Å². The number of amides is 1. The summed E-state index contributed by atoms with van der Waals surface area (Å²) in [6.07, 6.45) is 17.7. The Morgan fingerprint density at radius 1 is 0.730 bits per heavy atom. The Kier molecular flexibility index (Phi) is 26.8. The van der Waals surface area contributed by atoms with Crippen LogP contribution in [0, 0.1) is 0 Å². The van der Waals surface area contributed by atoms with E-state index in [2.05, 4.69) is 23.6 Å². The monoisotopic (exact) mass is 544 g/mol. The van der Waals surface area contributed by atoms with Crippen LogP contribution in [0.1, 0.15) is 109 Å². The Labute approximate surface area is 230 Å². The molecule has 0 heterocycles. The van der Waals surface area contributed by atoms with Gasteiger partial charge in [-0.1, -0.05) is 82.7 Å². The first-order valence-corrected chi connectivity index (χ1v) is 14.6. The minimum Gasteiger partial charge on any atom is -0.481 e. The smallest absolute Gasteiger partial charge is 0.305 e. The number of nitrogens with one attached hydrogen (secondary N) is 2. The molecular formula is C26H49BN2O7S. The van der Waals surface area contributed by atoms with Crippen LogP contribution in [0.5, 0.6) is 0 Å². The highest BCUT2D eigenvalue weighted by Gasteiger charge is 2.08. The van der Waals surface area contributed by atoms with E-state index in [0.29, 0.717) is 6.42 Å². The van der Waals surface area contributed by atoms with E-state index in [0.717, 1.165) is 25.0 Å². The van der Waals surface area contributed by atoms with Crippen molar-refractivity contribution in [2.45, 2.75) is 115 Å². The molecule has 0 fully saturated rings. The average Bonchev–Trinajstić information content (AvgIpc) is 2.87. The number of unbranched alkanes of at least 4 members (excludes halogenated alkanes) is 13. The number of ether oxygens (including phenoxy) is 1. The van der Waals surface area contributed by atoms with Crippen molar-refractivity contribution >= 4 is 38.3 Å². The van der Waals surface area contributed by atoms with Gasteiger partial charge in [0.25, 0.3) is 0 Å². The SMILES string of the molecule is [B][C@H](CONOCCNC(=O)CCC(=O)O)COC(=O)CCCCCCCCCCCCCCCCS. The topological polar surface area (TPSA) is 123 Å². The molecule has 0 aromatic carbocycles. The summed E-state index contributed by atoms with van der Waals surface area (Å²) in [5, 5.41) is 11.0. The zero-order chi connectivity index (χ0) is 27.4. The molecule has 214 valence electrons. The Balaban J connectivity index is 3.35. The molecule has 0 unspecified atom stereocenters. The number of aliphatic carboxylic acids is 1. The fraction of sp³-hybridized carbons (Fsp3) is 0.885. The number of carboxylic acids is 1. The van der Waals surface area contributed by atoms with Crippen molar-refractivity contribution in [2.75, 3.05) is 32.1 Å². The average molecular weight is 545 g/mol. The van der Waals surface area contributed by atoms with Crippen LogP contribution in [0.25, 0.3) is 0 Å². The second-order valence-electron chi connectivity index (χ2n) is 9.35. The second-order valence-corrected chi connectivity index (χ2v) is 9.80. The van der Waals surface area contributed by atoms with E-state index in [1.807, 2.05) is 0 Å². The summed E-state index contributed by atoms with van der Waals surface area (Å²) in [5.74, 6) is -1.11. The number of esters is 1. The Hall–Kier alpha value is -1.30. The van der Waals surface area contributed by atoms with Gasteiger partial charge in [0.15, 0.2) is 0 Å². The van der Waals surface area contributed by atoms with Gasteiger partial charge in [0.1, 0.15) is 0 Å². The summed E-state index contributed by atoms with van der Waals surface area (Å²) in [7, 11) is 5.84. The van der Waals surface area contributed by atoms with Gasteiger partial charge in [-0.15, -0.1) is 0 Å². The molecule has 0 aliphatic rings. The molecule has 1 atom stereocenters. The van der Waals surface area contributed by atoms with Crippen LogP contribution in [0.15, 0.2) is 0 Å². The standard InChI is InChI=1S/C26H49BN2O7S/c27-23(22-36-29-35-19-18-28-24(30)16-17-25(31)32)21-34-26(33)15-13-11-9-7-5-3-1-2-4-6-8-10-12-14-20-37/h23,29,37H,1-22H2,(H,28,30)(H,31,32)/t23-/m0/s1. The molecule has 0 aliphatic carbocycles. The highest BCUT2D eigenvalue weighted by molar-refractivity contribution is 7.80. The Bertz CT molecular complexity index is 573. The van der Waals surface area contributed by atoms with Gasteiger partial charge in [0.05, 0.1) is 34.1 Å². The molecule has 0 spiro atoms. The fourth-order valence-corrected chi connectivity index (χ4v) is 3.82. The lowest BCUT2D eigenvalue weighted by atomic mass is 9.89. The Morgan fingerprint density at radius 3 is 1.81 bits per heavy atom. The first-order chi connectivity index (χ1) is 18.0. The number of hydrogen-bond donors (Lipinski definition) is 4. The minimum absolute atomic E-state index is 0.0653. The third kappa shape index (κ3) is 29.1. The van der Waals surface area contributed by atoms with Crippen LogP contribution in [0.4, 0.5) is 0 Å². The van der Waals surface area contributed by atoms with E-state index in [9.17, 15) is 14.4 Å². The molecule has 11 heteroatoms. The maximum absolute atomic E-state index is 11.8. The van der Waals surface area contributed by atoms with Gasteiger partial charge in [-0.05, 0) is 24.4 Å². The van der Waals surface area contributed by atoms with Crippen molar-refractivity contribution in [1.29, 1.82) is 0 Å². The molecule has 0 saturated carbocycles. The highest BCUT2D eigenvalue weighted by Crippen LogP contribution is 2.13. The fourth-order valence-electron chi connectivity index (χ4n) is 3.60. The summed E-state index contributed by atoms with van der Waals surface area (Å²) >= 11 is 4.24. The van der Waals surface area contributed by atoms with Crippen LogP contribution >= 0.6 is 12.6 Å². The third-order valence-corrected chi connectivity index (χ3v) is 6.07. The molecule has 0 aromatic rings. The van der Waals surface area contributed by atoms with Crippen LogP contribution in [-0.2, 0) is 28.8 Å². The predicted molar refractivity (Wildman–Crippen MR) is 148 cm³/mol. The predicted octanol–water partition coefficient (Wildman–Crippen LogP) is 4.70. The van der Waals surface area contributed by atoms with Gasteiger partial charge in [-0.2, -0.15) is 12.6 Å². The molecule has 0 saturated heterocycles. The number of thiol groups is 1. The van der Waals surface area contributed by atoms with Crippen LogP contribution in [0.3, 0.4) is 0 Å². The molecule has 3 N–H and O–H groups in total. The third-order valence-electron chi connectivity index (χ3n) is 5.75. The Morgan fingerprint density at radius 2 is 1.27 bits per heavy atom. The van der Waals surface area contributed by atoms with Crippen LogP contribution in [-0.4, -0.2) is 62.9 Å². The summed E-state index contributed by atoms with van der Waals surface area (Å²) in [6.45, 7) is 0.473. The number of carboxylic acid groups (broad SMARTS) is 1.